The van der Waals surface area contributed by atoms with Crippen molar-refractivity contribution in [2.75, 3.05) is 0 Å². The first-order valence-electron chi connectivity index (χ1n) is 9.67. The molecule has 0 unspecified atom stereocenters. The lowest BCUT2D eigenvalue weighted by atomic mass is 10.5. The molecular formula is C21H33I3N6. The third-order valence-corrected chi connectivity index (χ3v) is 3.51. The summed E-state index contributed by atoms with van der Waals surface area (Å²) in [6.07, 6.45) is 26.2. The second kappa shape index (κ2) is 24.7. The number of hydrogen-bond acceptors (Lipinski definition) is 3. The van der Waals surface area contributed by atoms with Crippen LogP contribution < -0.4 is 85.6 Å². The smallest absolute Gasteiger partial charge is 0.187 e. The lowest BCUT2D eigenvalue weighted by molar-refractivity contribution is -0.697. The predicted octanol–water partition coefficient (Wildman–Crippen LogP) is -6.65. The van der Waals surface area contributed by atoms with Crippen LogP contribution in [0.1, 0.15) is 40.0 Å². The molecule has 3 aromatic rings. The summed E-state index contributed by atoms with van der Waals surface area (Å²) >= 11 is 0. The molecule has 0 radical (unpaired) electrons. The maximum Gasteiger partial charge on any atom is 0.187 e. The largest absolute Gasteiger partial charge is 1.00 e. The summed E-state index contributed by atoms with van der Waals surface area (Å²) in [5.74, 6) is 0. The van der Waals surface area contributed by atoms with E-state index in [9.17, 15) is 0 Å². The molecule has 0 fully saturated rings. The maximum absolute atomic E-state index is 3.91. The number of rotatable bonds is 6. The van der Waals surface area contributed by atoms with E-state index in [2.05, 4.69) is 49.4 Å². The van der Waals surface area contributed by atoms with Crippen LogP contribution in [0.5, 0.6) is 0 Å². The van der Waals surface area contributed by atoms with Crippen LogP contribution in [0.3, 0.4) is 0 Å². The van der Waals surface area contributed by atoms with Crippen molar-refractivity contribution in [3.63, 3.8) is 0 Å². The Kier molecular flexibility index (Phi) is 28.0. The summed E-state index contributed by atoms with van der Waals surface area (Å²) < 4.78 is 6.35. The van der Waals surface area contributed by atoms with Crippen LogP contribution in [0.2, 0.25) is 0 Å². The number of aryl methyl sites for hydroxylation is 3. The predicted molar refractivity (Wildman–Crippen MR) is 104 cm³/mol. The van der Waals surface area contributed by atoms with Crippen molar-refractivity contribution in [2.24, 2.45) is 0 Å². The number of hydrogen-bond donors (Lipinski definition) is 0. The monoisotopic (exact) mass is 750 g/mol. The first kappa shape index (κ1) is 34.1. The lowest BCUT2D eigenvalue weighted by Crippen LogP contribution is -3.00. The zero-order valence-corrected chi connectivity index (χ0v) is 24.5. The Bertz CT molecular complexity index is 592. The van der Waals surface area contributed by atoms with Gasteiger partial charge in [-0.3, -0.25) is 15.0 Å². The Hall–Kier alpha value is -0.570. The molecule has 3 rings (SSSR count). The van der Waals surface area contributed by atoms with Gasteiger partial charge in [0.1, 0.15) is 19.6 Å². The van der Waals surface area contributed by atoms with Crippen LogP contribution >= 0.6 is 0 Å². The summed E-state index contributed by atoms with van der Waals surface area (Å²) in [5.41, 5.74) is 0. The Balaban J connectivity index is -0.000000347. The van der Waals surface area contributed by atoms with E-state index in [1.165, 1.54) is 19.3 Å². The minimum Gasteiger partial charge on any atom is -1.00 e. The van der Waals surface area contributed by atoms with Crippen LogP contribution in [0, 0.1) is 0 Å². The summed E-state index contributed by atoms with van der Waals surface area (Å²) in [5, 5.41) is 0. The van der Waals surface area contributed by atoms with Gasteiger partial charge in [0, 0.05) is 19.3 Å². The van der Waals surface area contributed by atoms with E-state index < -0.39 is 0 Å². The first-order valence-corrected chi connectivity index (χ1v) is 9.67. The molecule has 0 saturated carbocycles. The van der Waals surface area contributed by atoms with E-state index in [4.69, 9.17) is 0 Å². The van der Waals surface area contributed by atoms with Crippen molar-refractivity contribution in [1.82, 2.24) is 15.0 Å². The molecule has 0 atom stereocenters. The molecule has 168 valence electrons. The summed E-state index contributed by atoms with van der Waals surface area (Å²) in [6, 6.07) is 0. The fourth-order valence-electron chi connectivity index (χ4n) is 2.26. The van der Waals surface area contributed by atoms with E-state index in [0.717, 1.165) is 19.6 Å². The highest BCUT2D eigenvalue weighted by molar-refractivity contribution is 4.63. The third kappa shape index (κ3) is 18.2. The number of nitrogens with zero attached hydrogens (tertiary/aromatic N) is 6. The van der Waals surface area contributed by atoms with E-state index in [-0.39, 0.29) is 71.9 Å². The summed E-state index contributed by atoms with van der Waals surface area (Å²) in [4.78, 5) is 11.7. The SMILES string of the molecule is CCC[n+]1ccncc1.CCC[n+]1ccncc1.CCC[n+]1ccncc1.[I-].[I-].[I-]. The van der Waals surface area contributed by atoms with Crippen molar-refractivity contribution in [2.45, 2.75) is 59.7 Å². The van der Waals surface area contributed by atoms with Gasteiger partial charge < -0.3 is 71.9 Å². The van der Waals surface area contributed by atoms with Gasteiger partial charge in [-0.15, -0.1) is 0 Å². The average Bonchev–Trinajstić information content (AvgIpc) is 2.72. The van der Waals surface area contributed by atoms with Crippen LogP contribution in [-0.4, -0.2) is 15.0 Å². The molecule has 0 bridgehead atoms. The molecule has 0 aliphatic rings. The third-order valence-electron chi connectivity index (χ3n) is 3.51. The van der Waals surface area contributed by atoms with Gasteiger partial charge in [0.25, 0.3) is 0 Å². The molecule has 3 aromatic heterocycles. The molecule has 0 aliphatic heterocycles. The normalized spacial score (nSPS) is 8.50. The van der Waals surface area contributed by atoms with Crippen molar-refractivity contribution >= 4 is 0 Å². The Morgan fingerprint density at radius 2 is 0.633 bits per heavy atom. The van der Waals surface area contributed by atoms with Gasteiger partial charge in [-0.25, -0.2) is 13.7 Å². The fraction of sp³-hybridized carbons (Fsp3) is 0.429. The van der Waals surface area contributed by atoms with E-state index in [1.54, 1.807) is 37.2 Å². The quantitative estimate of drug-likeness (QED) is 0.186. The summed E-state index contributed by atoms with van der Waals surface area (Å²) in [7, 11) is 0. The first-order chi connectivity index (χ1) is 13.3. The van der Waals surface area contributed by atoms with Gasteiger partial charge in [-0.1, -0.05) is 20.8 Å². The highest BCUT2D eigenvalue weighted by Crippen LogP contribution is 1.76. The average molecular weight is 750 g/mol. The van der Waals surface area contributed by atoms with Gasteiger partial charge in [0.05, 0.1) is 37.2 Å². The van der Waals surface area contributed by atoms with Crippen molar-refractivity contribution in [3.8, 4) is 0 Å². The van der Waals surface area contributed by atoms with Crippen LogP contribution in [-0.2, 0) is 19.6 Å². The molecule has 6 nitrogen and oxygen atoms in total. The molecule has 0 saturated heterocycles. The number of aromatic nitrogens is 6. The van der Waals surface area contributed by atoms with Crippen LogP contribution in [0.4, 0.5) is 0 Å². The van der Waals surface area contributed by atoms with E-state index >= 15 is 0 Å². The number of halogens is 3. The fourth-order valence-corrected chi connectivity index (χ4v) is 2.26. The minimum absolute atomic E-state index is 0. The van der Waals surface area contributed by atoms with Crippen molar-refractivity contribution in [1.29, 1.82) is 0 Å². The van der Waals surface area contributed by atoms with Gasteiger partial charge in [0.15, 0.2) is 37.2 Å². The second-order valence-electron chi connectivity index (χ2n) is 5.95. The second-order valence-corrected chi connectivity index (χ2v) is 5.95. The lowest BCUT2D eigenvalue weighted by Gasteiger charge is -1.88. The van der Waals surface area contributed by atoms with Gasteiger partial charge in [-0.05, 0) is 0 Å². The van der Waals surface area contributed by atoms with E-state index in [1.807, 2.05) is 37.2 Å². The molecule has 9 heteroatoms. The van der Waals surface area contributed by atoms with Gasteiger partial charge >= 0.3 is 0 Å². The topological polar surface area (TPSA) is 50.3 Å². The highest BCUT2D eigenvalue weighted by atomic mass is 127. The molecule has 0 amide bonds. The summed E-state index contributed by atoms with van der Waals surface area (Å²) in [6.45, 7) is 9.74. The molecule has 0 aromatic carbocycles. The van der Waals surface area contributed by atoms with E-state index in [0.29, 0.717) is 0 Å². The standard InChI is InChI=1S/3C7H11N2.3HI/c3*1-2-5-9-6-3-8-4-7-9;;;/h3*3-4,6-7H,2,5H2,1H3;3*1H/q3*+1;;;/p-3. The minimum atomic E-state index is 0. The molecule has 3 heterocycles. The highest BCUT2D eigenvalue weighted by Gasteiger charge is 1.93. The molecular weight excluding hydrogens is 717 g/mol. The maximum atomic E-state index is 3.91. The van der Waals surface area contributed by atoms with Crippen molar-refractivity contribution < 1.29 is 85.6 Å². The molecule has 0 N–H and O–H groups in total. The Morgan fingerprint density at radius 1 is 0.433 bits per heavy atom. The van der Waals surface area contributed by atoms with Crippen LogP contribution in [0.15, 0.2) is 74.4 Å². The Morgan fingerprint density at radius 3 is 0.800 bits per heavy atom. The Labute approximate surface area is 232 Å². The van der Waals surface area contributed by atoms with Crippen LogP contribution in [0.25, 0.3) is 0 Å². The van der Waals surface area contributed by atoms with Gasteiger partial charge in [-0.2, -0.15) is 0 Å². The zero-order chi connectivity index (χ0) is 19.6. The van der Waals surface area contributed by atoms with Gasteiger partial charge in [0.2, 0.25) is 0 Å². The zero-order valence-electron chi connectivity index (χ0n) is 18.0. The molecule has 30 heavy (non-hydrogen) atoms. The van der Waals surface area contributed by atoms with Crippen molar-refractivity contribution in [3.05, 3.63) is 74.4 Å². The molecule has 0 aliphatic carbocycles. The molecule has 0 spiro atoms.